The van der Waals surface area contributed by atoms with E-state index in [1.54, 1.807) is 0 Å². The summed E-state index contributed by atoms with van der Waals surface area (Å²) in [5.74, 6) is 0. The van der Waals surface area contributed by atoms with Crippen molar-refractivity contribution in [1.82, 2.24) is 0 Å². The fraction of sp³-hybridized carbons (Fsp3) is 0.600. The Hall–Kier alpha value is -0.900. The van der Waals surface area contributed by atoms with Gasteiger partial charge in [0.25, 0.3) is 0 Å². The third-order valence-corrected chi connectivity index (χ3v) is 4.43. The molecule has 3 heteroatoms. The second-order valence-corrected chi connectivity index (χ2v) is 5.82. The molecule has 0 N–H and O–H groups in total. The largest absolute Gasteiger partial charge is 0.370 e. The number of epoxide rings is 1. The van der Waals surface area contributed by atoms with E-state index in [9.17, 15) is 0 Å². The Labute approximate surface area is 107 Å². The molecule has 3 nitrogen and oxygen atoms in total. The van der Waals surface area contributed by atoms with Gasteiger partial charge < -0.3 is 14.2 Å². The molecular weight excluding hydrogens is 228 g/mol. The van der Waals surface area contributed by atoms with Crippen LogP contribution in [0.5, 0.6) is 0 Å². The fourth-order valence-corrected chi connectivity index (χ4v) is 3.25. The maximum Gasteiger partial charge on any atom is 0.183 e. The predicted octanol–water partition coefficient (Wildman–Crippen LogP) is 2.67. The molecule has 96 valence electrons. The first-order valence-electron chi connectivity index (χ1n) is 6.78. The van der Waals surface area contributed by atoms with Crippen LogP contribution in [0.15, 0.2) is 30.3 Å². The zero-order valence-electron chi connectivity index (χ0n) is 10.4. The summed E-state index contributed by atoms with van der Waals surface area (Å²) in [5, 5.41) is 0. The van der Waals surface area contributed by atoms with Gasteiger partial charge in [-0.1, -0.05) is 30.3 Å². The smallest absolute Gasteiger partial charge is 0.183 e. The van der Waals surface area contributed by atoms with Crippen molar-refractivity contribution in [2.75, 3.05) is 13.2 Å². The first-order valence-corrected chi connectivity index (χ1v) is 6.78. The van der Waals surface area contributed by atoms with Gasteiger partial charge in [0.2, 0.25) is 0 Å². The van der Waals surface area contributed by atoms with Crippen LogP contribution in [0.3, 0.4) is 0 Å². The van der Waals surface area contributed by atoms with E-state index in [4.69, 9.17) is 14.2 Å². The highest BCUT2D eigenvalue weighted by Gasteiger charge is 2.52. The van der Waals surface area contributed by atoms with Gasteiger partial charge in [0.05, 0.1) is 25.4 Å². The van der Waals surface area contributed by atoms with E-state index in [1.807, 2.05) is 18.2 Å². The maximum atomic E-state index is 5.95. The molecule has 0 amide bonds. The van der Waals surface area contributed by atoms with Crippen LogP contribution in [-0.2, 0) is 14.2 Å². The lowest BCUT2D eigenvalue weighted by Crippen LogP contribution is -2.42. The molecule has 1 saturated carbocycles. The molecule has 18 heavy (non-hydrogen) atoms. The number of hydrogen-bond acceptors (Lipinski definition) is 3. The first-order chi connectivity index (χ1) is 8.85. The lowest BCUT2D eigenvalue weighted by atomic mass is 9.75. The minimum atomic E-state index is -0.185. The first kappa shape index (κ1) is 11.0. The van der Waals surface area contributed by atoms with Crippen LogP contribution in [0, 0.1) is 5.41 Å². The molecule has 1 aliphatic carbocycles. The highest BCUT2D eigenvalue weighted by atomic mass is 16.7. The monoisotopic (exact) mass is 246 g/mol. The number of ether oxygens (including phenoxy) is 3. The van der Waals surface area contributed by atoms with Crippen molar-refractivity contribution in [3.63, 3.8) is 0 Å². The number of benzene rings is 1. The molecule has 1 spiro atoms. The summed E-state index contributed by atoms with van der Waals surface area (Å²) >= 11 is 0. The Morgan fingerprint density at radius 3 is 2.50 bits per heavy atom. The molecule has 2 heterocycles. The standard InChI is InChI=1S/C15H18O3/c1-2-4-11(5-3-1)14-16-9-15(10-17-14)7-6-12-13(8-15)18-12/h1-5,12-14H,6-10H2. The Morgan fingerprint density at radius 1 is 1.00 bits per heavy atom. The SMILES string of the molecule is c1ccc(C2OCC3(CCC4OC4C3)CO2)cc1. The van der Waals surface area contributed by atoms with Crippen LogP contribution in [0.2, 0.25) is 0 Å². The van der Waals surface area contributed by atoms with Crippen molar-refractivity contribution in [2.45, 2.75) is 37.8 Å². The molecule has 2 aliphatic heterocycles. The number of rotatable bonds is 1. The summed E-state index contributed by atoms with van der Waals surface area (Å²) in [5.41, 5.74) is 1.33. The van der Waals surface area contributed by atoms with Crippen LogP contribution < -0.4 is 0 Å². The minimum absolute atomic E-state index is 0.185. The minimum Gasteiger partial charge on any atom is -0.370 e. The van der Waals surface area contributed by atoms with Crippen molar-refractivity contribution >= 4 is 0 Å². The third-order valence-electron chi connectivity index (χ3n) is 4.43. The summed E-state index contributed by atoms with van der Waals surface area (Å²) in [6, 6.07) is 10.2. The van der Waals surface area contributed by atoms with Gasteiger partial charge in [-0.25, -0.2) is 0 Å². The molecule has 2 unspecified atom stereocenters. The highest BCUT2D eigenvalue weighted by molar-refractivity contribution is 5.16. The van der Waals surface area contributed by atoms with E-state index in [0.29, 0.717) is 12.2 Å². The second-order valence-electron chi connectivity index (χ2n) is 5.82. The van der Waals surface area contributed by atoms with Crippen LogP contribution >= 0.6 is 0 Å². The Bertz CT molecular complexity index is 423. The topological polar surface area (TPSA) is 31.0 Å². The number of hydrogen-bond donors (Lipinski definition) is 0. The van der Waals surface area contributed by atoms with E-state index in [-0.39, 0.29) is 11.7 Å². The summed E-state index contributed by atoms with van der Waals surface area (Å²) in [6.07, 6.45) is 4.30. The quantitative estimate of drug-likeness (QED) is 0.714. The number of fused-ring (bicyclic) bond motifs is 1. The van der Waals surface area contributed by atoms with E-state index >= 15 is 0 Å². The summed E-state index contributed by atoms with van der Waals surface area (Å²) in [4.78, 5) is 0. The fourth-order valence-electron chi connectivity index (χ4n) is 3.25. The van der Waals surface area contributed by atoms with E-state index in [2.05, 4.69) is 12.1 Å². The molecular formula is C15H18O3. The summed E-state index contributed by atoms with van der Waals surface area (Å²) in [6.45, 7) is 1.61. The zero-order chi connectivity index (χ0) is 12.0. The predicted molar refractivity (Wildman–Crippen MR) is 66.0 cm³/mol. The lowest BCUT2D eigenvalue weighted by molar-refractivity contribution is -0.239. The van der Waals surface area contributed by atoms with Crippen molar-refractivity contribution in [2.24, 2.45) is 5.41 Å². The average Bonchev–Trinajstić information content (AvgIpc) is 3.19. The Kier molecular flexibility index (Phi) is 2.47. The van der Waals surface area contributed by atoms with Crippen LogP contribution in [-0.4, -0.2) is 25.4 Å². The van der Waals surface area contributed by atoms with E-state index < -0.39 is 0 Å². The Morgan fingerprint density at radius 2 is 1.78 bits per heavy atom. The van der Waals surface area contributed by atoms with Gasteiger partial charge in [-0.2, -0.15) is 0 Å². The van der Waals surface area contributed by atoms with E-state index in [1.165, 1.54) is 12.8 Å². The molecule has 0 bridgehead atoms. The molecule has 1 aromatic carbocycles. The van der Waals surface area contributed by atoms with Crippen molar-refractivity contribution < 1.29 is 14.2 Å². The molecule has 2 saturated heterocycles. The van der Waals surface area contributed by atoms with E-state index in [0.717, 1.165) is 25.2 Å². The van der Waals surface area contributed by atoms with Gasteiger partial charge in [0.15, 0.2) is 6.29 Å². The molecule has 0 aromatic heterocycles. The molecule has 0 radical (unpaired) electrons. The third kappa shape index (κ3) is 1.87. The molecule has 3 fully saturated rings. The van der Waals surface area contributed by atoms with Crippen LogP contribution in [0.25, 0.3) is 0 Å². The van der Waals surface area contributed by atoms with Gasteiger partial charge in [-0.3, -0.25) is 0 Å². The molecule has 2 atom stereocenters. The van der Waals surface area contributed by atoms with Crippen LogP contribution in [0.4, 0.5) is 0 Å². The Balaban J connectivity index is 1.43. The van der Waals surface area contributed by atoms with Crippen molar-refractivity contribution in [3.05, 3.63) is 35.9 Å². The molecule has 3 aliphatic rings. The maximum absolute atomic E-state index is 5.95. The second kappa shape index (κ2) is 4.05. The van der Waals surface area contributed by atoms with Gasteiger partial charge in [0.1, 0.15) is 0 Å². The molecule has 4 rings (SSSR count). The van der Waals surface area contributed by atoms with Crippen molar-refractivity contribution in [1.29, 1.82) is 0 Å². The van der Waals surface area contributed by atoms with Gasteiger partial charge in [0, 0.05) is 11.0 Å². The normalized spacial score (nSPS) is 42.6. The highest BCUT2D eigenvalue weighted by Crippen LogP contribution is 2.49. The molecule has 1 aromatic rings. The van der Waals surface area contributed by atoms with Gasteiger partial charge >= 0.3 is 0 Å². The lowest BCUT2D eigenvalue weighted by Gasteiger charge is -2.41. The zero-order valence-corrected chi connectivity index (χ0v) is 10.4. The average molecular weight is 246 g/mol. The van der Waals surface area contributed by atoms with Gasteiger partial charge in [-0.15, -0.1) is 0 Å². The van der Waals surface area contributed by atoms with Gasteiger partial charge in [-0.05, 0) is 19.3 Å². The van der Waals surface area contributed by atoms with Crippen molar-refractivity contribution in [3.8, 4) is 0 Å². The van der Waals surface area contributed by atoms with Crippen LogP contribution in [0.1, 0.15) is 31.1 Å². The summed E-state index contributed by atoms with van der Waals surface area (Å²) < 4.78 is 17.5. The summed E-state index contributed by atoms with van der Waals surface area (Å²) in [7, 11) is 0.